The predicted octanol–water partition coefficient (Wildman–Crippen LogP) is 2.28. The first-order chi connectivity index (χ1) is 8.38. The molecule has 0 aromatic carbocycles. The maximum atomic E-state index is 4.85. The lowest BCUT2D eigenvalue weighted by Gasteiger charge is -2.28. The van der Waals surface area contributed by atoms with Crippen LogP contribution in [0.3, 0.4) is 0 Å². The minimum Gasteiger partial charge on any atom is -0.331 e. The van der Waals surface area contributed by atoms with Gasteiger partial charge in [-0.05, 0) is 25.2 Å². The smallest absolute Gasteiger partial charge is 0.109 e. The summed E-state index contributed by atoms with van der Waals surface area (Å²) in [5.74, 6) is 2.27. The Labute approximate surface area is 104 Å². The van der Waals surface area contributed by atoms with Crippen molar-refractivity contribution in [2.45, 2.75) is 58.5 Å². The van der Waals surface area contributed by atoms with Crippen molar-refractivity contribution in [3.63, 3.8) is 0 Å². The largest absolute Gasteiger partial charge is 0.331 e. The highest BCUT2D eigenvalue weighted by atomic mass is 15.1. The van der Waals surface area contributed by atoms with Gasteiger partial charge in [0.2, 0.25) is 0 Å². The minimum absolute atomic E-state index is 0.929. The van der Waals surface area contributed by atoms with Gasteiger partial charge in [-0.3, -0.25) is 0 Å². The molecule has 17 heavy (non-hydrogen) atoms. The zero-order valence-electron chi connectivity index (χ0n) is 10.8. The Bertz CT molecular complexity index is 390. The lowest BCUT2D eigenvalue weighted by Crippen LogP contribution is -2.27. The monoisotopic (exact) mass is 233 g/mol. The van der Waals surface area contributed by atoms with Gasteiger partial charge in [-0.25, -0.2) is 4.98 Å². The fourth-order valence-corrected chi connectivity index (χ4v) is 2.99. The van der Waals surface area contributed by atoms with Gasteiger partial charge in [0, 0.05) is 38.2 Å². The van der Waals surface area contributed by atoms with Crippen LogP contribution in [0.15, 0.2) is 0 Å². The molecule has 1 saturated carbocycles. The van der Waals surface area contributed by atoms with Crippen LogP contribution in [0, 0.1) is 5.92 Å². The molecule has 3 heteroatoms. The van der Waals surface area contributed by atoms with E-state index in [0.29, 0.717) is 0 Å². The van der Waals surface area contributed by atoms with E-state index in [2.05, 4.69) is 16.8 Å². The van der Waals surface area contributed by atoms with Crippen LogP contribution >= 0.6 is 0 Å². The highest BCUT2D eigenvalue weighted by Crippen LogP contribution is 2.30. The summed E-state index contributed by atoms with van der Waals surface area (Å²) in [4.78, 5) is 4.85. The van der Waals surface area contributed by atoms with Crippen LogP contribution in [0.4, 0.5) is 0 Å². The van der Waals surface area contributed by atoms with Crippen molar-refractivity contribution >= 4 is 0 Å². The molecule has 94 valence electrons. The van der Waals surface area contributed by atoms with Crippen molar-refractivity contribution in [3.8, 4) is 0 Å². The first kappa shape index (κ1) is 11.3. The average Bonchev–Trinajstić information content (AvgIpc) is 2.62. The first-order valence-electron chi connectivity index (χ1n) is 7.16. The summed E-state index contributed by atoms with van der Waals surface area (Å²) >= 11 is 0. The molecule has 3 rings (SSSR count). The van der Waals surface area contributed by atoms with Crippen LogP contribution < -0.4 is 5.32 Å². The maximum absolute atomic E-state index is 4.85. The van der Waals surface area contributed by atoms with E-state index in [1.54, 1.807) is 0 Å². The van der Waals surface area contributed by atoms with Gasteiger partial charge in [0.15, 0.2) is 0 Å². The molecule has 1 fully saturated rings. The second-order valence-corrected chi connectivity index (χ2v) is 5.51. The topological polar surface area (TPSA) is 29.9 Å². The molecular formula is C14H23N3. The SMILES string of the molecule is CCCc1nc2c(n1CC1CCC1)CCNC2. The number of hydrogen-bond acceptors (Lipinski definition) is 2. The van der Waals surface area contributed by atoms with E-state index in [0.717, 1.165) is 25.4 Å². The van der Waals surface area contributed by atoms with Gasteiger partial charge < -0.3 is 9.88 Å². The van der Waals surface area contributed by atoms with E-state index in [1.165, 1.54) is 55.9 Å². The molecule has 0 unspecified atom stereocenters. The molecule has 0 radical (unpaired) electrons. The molecule has 1 aliphatic heterocycles. The Morgan fingerprint density at radius 1 is 1.41 bits per heavy atom. The van der Waals surface area contributed by atoms with Crippen molar-refractivity contribution in [1.82, 2.24) is 14.9 Å². The number of aromatic nitrogens is 2. The summed E-state index contributed by atoms with van der Waals surface area (Å²) in [6.07, 6.45) is 7.80. The highest BCUT2D eigenvalue weighted by molar-refractivity contribution is 5.20. The molecular weight excluding hydrogens is 210 g/mol. The van der Waals surface area contributed by atoms with Crippen LogP contribution in [0.5, 0.6) is 0 Å². The third-order valence-electron chi connectivity index (χ3n) is 4.20. The normalized spacial score (nSPS) is 20.1. The zero-order chi connectivity index (χ0) is 11.7. The zero-order valence-corrected chi connectivity index (χ0v) is 10.8. The Morgan fingerprint density at radius 2 is 2.29 bits per heavy atom. The van der Waals surface area contributed by atoms with Crippen LogP contribution in [-0.2, 0) is 25.9 Å². The lowest BCUT2D eigenvalue weighted by molar-refractivity contribution is 0.270. The van der Waals surface area contributed by atoms with Gasteiger partial charge in [0.05, 0.1) is 5.69 Å². The number of hydrogen-bond donors (Lipinski definition) is 1. The van der Waals surface area contributed by atoms with Crippen molar-refractivity contribution in [1.29, 1.82) is 0 Å². The third kappa shape index (κ3) is 2.13. The van der Waals surface area contributed by atoms with Crippen LogP contribution in [0.1, 0.15) is 49.8 Å². The molecule has 1 aromatic rings. The van der Waals surface area contributed by atoms with E-state index < -0.39 is 0 Å². The molecule has 0 spiro atoms. The van der Waals surface area contributed by atoms with E-state index in [4.69, 9.17) is 4.98 Å². The third-order valence-corrected chi connectivity index (χ3v) is 4.20. The first-order valence-corrected chi connectivity index (χ1v) is 7.16. The van der Waals surface area contributed by atoms with Crippen molar-refractivity contribution in [3.05, 3.63) is 17.2 Å². The predicted molar refractivity (Wildman–Crippen MR) is 69.0 cm³/mol. The number of fused-ring (bicyclic) bond motifs is 1. The molecule has 0 saturated heterocycles. The molecule has 1 N–H and O–H groups in total. The Balaban J connectivity index is 1.87. The summed E-state index contributed by atoms with van der Waals surface area (Å²) in [5.41, 5.74) is 2.85. The molecule has 2 aliphatic rings. The number of rotatable bonds is 4. The number of nitrogens with one attached hydrogen (secondary N) is 1. The van der Waals surface area contributed by atoms with Gasteiger partial charge in [0.25, 0.3) is 0 Å². The molecule has 3 nitrogen and oxygen atoms in total. The summed E-state index contributed by atoms with van der Waals surface area (Å²) in [5, 5.41) is 3.43. The fraction of sp³-hybridized carbons (Fsp3) is 0.786. The van der Waals surface area contributed by atoms with Crippen molar-refractivity contribution in [2.75, 3.05) is 6.54 Å². The number of imidazole rings is 1. The molecule has 0 amide bonds. The van der Waals surface area contributed by atoms with Crippen LogP contribution in [-0.4, -0.2) is 16.1 Å². The summed E-state index contributed by atoms with van der Waals surface area (Å²) < 4.78 is 2.56. The molecule has 2 heterocycles. The van der Waals surface area contributed by atoms with Crippen LogP contribution in [0.25, 0.3) is 0 Å². The van der Waals surface area contributed by atoms with Gasteiger partial charge in [-0.1, -0.05) is 13.3 Å². The number of nitrogens with zero attached hydrogens (tertiary/aromatic N) is 2. The van der Waals surface area contributed by atoms with Gasteiger partial charge in [0.1, 0.15) is 5.82 Å². The van der Waals surface area contributed by atoms with Gasteiger partial charge >= 0.3 is 0 Å². The van der Waals surface area contributed by atoms with Gasteiger partial charge in [-0.2, -0.15) is 0 Å². The van der Waals surface area contributed by atoms with Crippen LogP contribution in [0.2, 0.25) is 0 Å². The molecule has 1 aliphatic carbocycles. The van der Waals surface area contributed by atoms with Gasteiger partial charge in [-0.15, -0.1) is 0 Å². The fourth-order valence-electron chi connectivity index (χ4n) is 2.99. The van der Waals surface area contributed by atoms with E-state index >= 15 is 0 Å². The quantitative estimate of drug-likeness (QED) is 0.864. The summed E-state index contributed by atoms with van der Waals surface area (Å²) in [7, 11) is 0. The van der Waals surface area contributed by atoms with Crippen molar-refractivity contribution < 1.29 is 0 Å². The van der Waals surface area contributed by atoms with E-state index in [9.17, 15) is 0 Å². The van der Waals surface area contributed by atoms with E-state index in [-0.39, 0.29) is 0 Å². The second kappa shape index (κ2) is 4.81. The Hall–Kier alpha value is -0.830. The standard InChI is InChI=1S/C14H23N3/c1-2-4-14-16-12-9-15-8-7-13(12)17(14)10-11-5-3-6-11/h11,15H,2-10H2,1H3. The Morgan fingerprint density at radius 3 is 3.00 bits per heavy atom. The minimum atomic E-state index is 0.929. The average molecular weight is 233 g/mol. The summed E-state index contributed by atoms with van der Waals surface area (Å²) in [6.45, 7) is 5.58. The van der Waals surface area contributed by atoms with Crippen molar-refractivity contribution in [2.24, 2.45) is 5.92 Å². The maximum Gasteiger partial charge on any atom is 0.109 e. The summed E-state index contributed by atoms with van der Waals surface area (Å²) in [6, 6.07) is 0. The second-order valence-electron chi connectivity index (χ2n) is 5.51. The van der Waals surface area contributed by atoms with E-state index in [1.807, 2.05) is 0 Å². The Kier molecular flexibility index (Phi) is 3.19. The molecule has 0 bridgehead atoms. The lowest BCUT2D eigenvalue weighted by atomic mass is 9.85. The molecule has 0 atom stereocenters. The highest BCUT2D eigenvalue weighted by Gasteiger charge is 2.24. The molecule has 1 aromatic heterocycles. The number of aryl methyl sites for hydroxylation is 1.